The van der Waals surface area contributed by atoms with Crippen LogP contribution in [0.5, 0.6) is 0 Å². The number of carbonyl (C=O) groups is 1. The van der Waals surface area contributed by atoms with Gasteiger partial charge in [0.1, 0.15) is 0 Å². The van der Waals surface area contributed by atoms with E-state index in [2.05, 4.69) is 0 Å². The molecule has 0 spiro atoms. The summed E-state index contributed by atoms with van der Waals surface area (Å²) in [7, 11) is 0. The van der Waals surface area contributed by atoms with Crippen LogP contribution in [-0.2, 0) is 11.3 Å². The third-order valence-electron chi connectivity index (χ3n) is 2.05. The van der Waals surface area contributed by atoms with Gasteiger partial charge in [0.2, 0.25) is 0 Å². The van der Waals surface area contributed by atoms with Crippen LogP contribution in [0.4, 0.5) is 4.79 Å². The van der Waals surface area contributed by atoms with Crippen molar-refractivity contribution in [2.75, 3.05) is 13.2 Å². The zero-order chi connectivity index (χ0) is 12.0. The van der Waals surface area contributed by atoms with E-state index in [1.165, 1.54) is 0 Å². The summed E-state index contributed by atoms with van der Waals surface area (Å²) < 4.78 is 0. The molecule has 1 aromatic carbocycles. The van der Waals surface area contributed by atoms with Crippen molar-refractivity contribution in [3.05, 3.63) is 34.9 Å². The maximum absolute atomic E-state index is 10.6. The normalized spacial score (nSPS) is 10.1. The Morgan fingerprint density at radius 1 is 1.44 bits per heavy atom. The largest absolute Gasteiger partial charge is 0.463 e. The highest BCUT2D eigenvalue weighted by molar-refractivity contribution is 6.30. The second kappa shape index (κ2) is 6.35. The van der Waals surface area contributed by atoms with Crippen LogP contribution < -0.4 is 0 Å². The van der Waals surface area contributed by atoms with Crippen molar-refractivity contribution < 1.29 is 14.7 Å². The van der Waals surface area contributed by atoms with Gasteiger partial charge in [-0.1, -0.05) is 23.7 Å². The summed E-state index contributed by atoms with van der Waals surface area (Å²) in [5.74, 6) is 0. The van der Waals surface area contributed by atoms with Gasteiger partial charge in [-0.2, -0.15) is 5.06 Å². The summed E-state index contributed by atoms with van der Waals surface area (Å²) in [4.78, 5) is 15.7. The second-order valence-corrected chi connectivity index (χ2v) is 3.62. The number of hydrogen-bond donors (Lipinski definition) is 1. The molecule has 0 aromatic heterocycles. The Labute approximate surface area is 99.3 Å². The van der Waals surface area contributed by atoms with E-state index in [0.29, 0.717) is 24.6 Å². The molecule has 1 aromatic rings. The van der Waals surface area contributed by atoms with Crippen molar-refractivity contribution in [3.8, 4) is 0 Å². The average molecular weight is 244 g/mol. The number of nitrogens with zero attached hydrogens (tertiary/aromatic N) is 1. The van der Waals surface area contributed by atoms with Crippen LogP contribution in [0.2, 0.25) is 5.02 Å². The fourth-order valence-corrected chi connectivity index (χ4v) is 1.33. The van der Waals surface area contributed by atoms with Crippen LogP contribution in [0.3, 0.4) is 0 Å². The first kappa shape index (κ1) is 12.8. The van der Waals surface area contributed by atoms with Crippen LogP contribution in [0, 0.1) is 0 Å². The molecule has 0 aliphatic rings. The maximum atomic E-state index is 10.6. The Hall–Kier alpha value is -1.26. The van der Waals surface area contributed by atoms with E-state index < -0.39 is 6.09 Å². The summed E-state index contributed by atoms with van der Waals surface area (Å²) in [6, 6.07) is 7.38. The summed E-state index contributed by atoms with van der Waals surface area (Å²) in [6.07, 6.45) is -0.417. The predicted octanol–water partition coefficient (Wildman–Crippen LogP) is 2.81. The molecule has 1 rings (SSSR count). The second-order valence-electron chi connectivity index (χ2n) is 3.19. The van der Waals surface area contributed by atoms with Crippen molar-refractivity contribution in [2.24, 2.45) is 0 Å². The number of hydroxylamine groups is 2. The number of amides is 1. The number of halogens is 1. The monoisotopic (exact) mass is 243 g/mol. The molecule has 1 amide bonds. The highest BCUT2D eigenvalue weighted by Gasteiger charge is 2.08. The number of benzene rings is 1. The molecule has 1 N–H and O–H groups in total. The Morgan fingerprint density at radius 2 is 2.06 bits per heavy atom. The number of hydrogen-bond acceptors (Lipinski definition) is 2. The molecular weight excluding hydrogens is 230 g/mol. The molecule has 0 unspecified atom stereocenters. The molecule has 0 saturated carbocycles. The molecule has 0 aliphatic heterocycles. The topological polar surface area (TPSA) is 49.8 Å². The SMILES string of the molecule is CCN(OCCc1ccc(Cl)cc1)C(=O)O. The van der Waals surface area contributed by atoms with Crippen LogP contribution in [0.25, 0.3) is 0 Å². The van der Waals surface area contributed by atoms with Gasteiger partial charge in [-0.25, -0.2) is 4.79 Å². The first-order valence-electron chi connectivity index (χ1n) is 5.01. The van der Waals surface area contributed by atoms with E-state index >= 15 is 0 Å². The van der Waals surface area contributed by atoms with E-state index in [0.717, 1.165) is 10.6 Å². The molecule has 0 bridgehead atoms. The van der Waals surface area contributed by atoms with Gasteiger partial charge in [-0.05, 0) is 31.0 Å². The molecule has 16 heavy (non-hydrogen) atoms. The van der Waals surface area contributed by atoms with Crippen LogP contribution in [-0.4, -0.2) is 29.4 Å². The molecule has 88 valence electrons. The minimum absolute atomic E-state index is 0.315. The van der Waals surface area contributed by atoms with Gasteiger partial charge >= 0.3 is 6.09 Å². The highest BCUT2D eigenvalue weighted by atomic mass is 35.5. The van der Waals surface area contributed by atoms with Gasteiger partial charge in [0.05, 0.1) is 6.61 Å². The fourth-order valence-electron chi connectivity index (χ4n) is 1.21. The first-order valence-corrected chi connectivity index (χ1v) is 5.39. The molecule has 0 saturated heterocycles. The first-order chi connectivity index (χ1) is 7.63. The average Bonchev–Trinajstić information content (AvgIpc) is 2.26. The minimum atomic E-state index is -1.07. The fraction of sp³-hybridized carbons (Fsp3) is 0.364. The maximum Gasteiger partial charge on any atom is 0.431 e. The molecule has 0 atom stereocenters. The van der Waals surface area contributed by atoms with Gasteiger partial charge in [0.25, 0.3) is 0 Å². The summed E-state index contributed by atoms with van der Waals surface area (Å²) in [6.45, 7) is 2.37. The zero-order valence-corrected chi connectivity index (χ0v) is 9.78. The van der Waals surface area contributed by atoms with Crippen LogP contribution >= 0.6 is 11.6 Å². The van der Waals surface area contributed by atoms with Gasteiger partial charge < -0.3 is 5.11 Å². The van der Waals surface area contributed by atoms with Crippen molar-refractivity contribution in [1.82, 2.24) is 5.06 Å². The predicted molar refractivity (Wildman–Crippen MR) is 61.5 cm³/mol. The van der Waals surface area contributed by atoms with Gasteiger partial charge in [0.15, 0.2) is 0 Å². The van der Waals surface area contributed by atoms with E-state index in [1.54, 1.807) is 19.1 Å². The van der Waals surface area contributed by atoms with Crippen molar-refractivity contribution in [1.29, 1.82) is 0 Å². The Kier molecular flexibility index (Phi) is 5.08. The lowest BCUT2D eigenvalue weighted by Gasteiger charge is -2.16. The molecule has 5 heteroatoms. The third-order valence-corrected chi connectivity index (χ3v) is 2.30. The molecular formula is C11H14ClNO3. The van der Waals surface area contributed by atoms with Crippen molar-refractivity contribution in [2.45, 2.75) is 13.3 Å². The summed E-state index contributed by atoms with van der Waals surface area (Å²) in [5.41, 5.74) is 1.06. The molecule has 0 heterocycles. The molecule has 0 fully saturated rings. The van der Waals surface area contributed by atoms with Gasteiger partial charge in [-0.3, -0.25) is 4.84 Å². The summed E-state index contributed by atoms with van der Waals surface area (Å²) in [5, 5.41) is 10.3. The lowest BCUT2D eigenvalue weighted by atomic mass is 10.2. The van der Waals surface area contributed by atoms with Crippen molar-refractivity contribution >= 4 is 17.7 Å². The van der Waals surface area contributed by atoms with Crippen LogP contribution in [0.1, 0.15) is 12.5 Å². The number of carboxylic acid groups (broad SMARTS) is 1. The molecule has 0 aliphatic carbocycles. The van der Waals surface area contributed by atoms with E-state index in [9.17, 15) is 4.79 Å². The zero-order valence-electron chi connectivity index (χ0n) is 9.02. The Balaban J connectivity index is 2.35. The molecule has 4 nitrogen and oxygen atoms in total. The highest BCUT2D eigenvalue weighted by Crippen LogP contribution is 2.10. The van der Waals surface area contributed by atoms with Crippen molar-refractivity contribution in [3.63, 3.8) is 0 Å². The lowest BCUT2D eigenvalue weighted by Crippen LogP contribution is -2.30. The molecule has 0 radical (unpaired) electrons. The third kappa shape index (κ3) is 4.08. The van der Waals surface area contributed by atoms with E-state index in [4.69, 9.17) is 21.5 Å². The van der Waals surface area contributed by atoms with E-state index in [1.807, 2.05) is 12.1 Å². The smallest absolute Gasteiger partial charge is 0.431 e. The Bertz CT molecular complexity index is 340. The van der Waals surface area contributed by atoms with Gasteiger partial charge in [0, 0.05) is 11.6 Å². The van der Waals surface area contributed by atoms with E-state index in [-0.39, 0.29) is 0 Å². The number of rotatable bonds is 5. The Morgan fingerprint density at radius 3 is 2.56 bits per heavy atom. The minimum Gasteiger partial charge on any atom is -0.463 e. The lowest BCUT2D eigenvalue weighted by molar-refractivity contribution is -0.126. The standard InChI is InChI=1S/C11H14ClNO3/c1-2-13(11(14)15)16-8-7-9-3-5-10(12)6-4-9/h3-6H,2,7-8H2,1H3,(H,14,15). The quantitative estimate of drug-likeness (QED) is 0.809. The van der Waals surface area contributed by atoms with Crippen LogP contribution in [0.15, 0.2) is 24.3 Å². The summed E-state index contributed by atoms with van der Waals surface area (Å²) >= 11 is 5.74. The van der Waals surface area contributed by atoms with Gasteiger partial charge in [-0.15, -0.1) is 0 Å².